The van der Waals surface area contributed by atoms with Gasteiger partial charge in [0.2, 0.25) is 0 Å². The maximum atomic E-state index is 13.6. The van der Waals surface area contributed by atoms with Crippen molar-refractivity contribution in [1.82, 2.24) is 3.97 Å². The van der Waals surface area contributed by atoms with Crippen LogP contribution in [0.25, 0.3) is 21.8 Å². The monoisotopic (exact) mass is 397 g/mol. The predicted octanol–water partition coefficient (Wildman–Crippen LogP) is 5.28. The summed E-state index contributed by atoms with van der Waals surface area (Å²) in [6, 6.07) is 14.1. The van der Waals surface area contributed by atoms with Gasteiger partial charge in [0.15, 0.2) is 0 Å². The molecule has 146 valence electrons. The molecule has 4 aromatic rings. The fraction of sp³-hybridized carbons (Fsp3) is 0.273. The summed E-state index contributed by atoms with van der Waals surface area (Å²) in [6.45, 7) is 4.01. The van der Waals surface area contributed by atoms with E-state index in [0.29, 0.717) is 23.2 Å². The first-order valence-corrected chi connectivity index (χ1v) is 10.8. The number of rotatable bonds is 6. The van der Waals surface area contributed by atoms with Crippen molar-refractivity contribution in [2.75, 3.05) is 7.11 Å². The Hall–Kier alpha value is -2.73. The molecule has 0 fully saturated rings. The van der Waals surface area contributed by atoms with Gasteiger partial charge in [0.25, 0.3) is 10.0 Å². The molecule has 0 saturated heterocycles. The summed E-state index contributed by atoms with van der Waals surface area (Å²) in [5.74, 6) is 2.09. The molecule has 0 atom stereocenters. The van der Waals surface area contributed by atoms with Gasteiger partial charge in [-0.1, -0.05) is 31.5 Å². The zero-order chi connectivity index (χ0) is 19.9. The summed E-state index contributed by atoms with van der Waals surface area (Å²) in [5.41, 5.74) is 1.32. The second kappa shape index (κ2) is 7.02. The first-order valence-electron chi connectivity index (χ1n) is 9.40. The third kappa shape index (κ3) is 2.79. The van der Waals surface area contributed by atoms with Crippen molar-refractivity contribution in [2.24, 2.45) is 0 Å². The minimum atomic E-state index is -3.81. The van der Waals surface area contributed by atoms with Crippen molar-refractivity contribution >= 4 is 31.8 Å². The first kappa shape index (κ1) is 18.6. The summed E-state index contributed by atoms with van der Waals surface area (Å²) in [4.78, 5) is 0.219. The van der Waals surface area contributed by atoms with Gasteiger partial charge < -0.3 is 9.15 Å². The Labute approximate surface area is 164 Å². The van der Waals surface area contributed by atoms with E-state index >= 15 is 0 Å². The molecule has 0 N–H and O–H groups in total. The van der Waals surface area contributed by atoms with Crippen LogP contribution in [0, 0.1) is 6.92 Å². The van der Waals surface area contributed by atoms with Crippen LogP contribution in [0.5, 0.6) is 5.75 Å². The molecular formula is C22H23NO4S. The summed E-state index contributed by atoms with van der Waals surface area (Å²) in [7, 11) is -2.25. The van der Waals surface area contributed by atoms with Crippen LogP contribution in [0.15, 0.2) is 57.8 Å². The van der Waals surface area contributed by atoms with E-state index in [1.54, 1.807) is 31.4 Å². The highest BCUT2D eigenvalue weighted by atomic mass is 32.2. The highest BCUT2D eigenvalue weighted by molar-refractivity contribution is 7.90. The third-order valence-corrected chi connectivity index (χ3v) is 6.81. The van der Waals surface area contributed by atoms with Crippen LogP contribution in [0.1, 0.15) is 31.3 Å². The lowest BCUT2D eigenvalue weighted by atomic mass is 10.1. The first-order chi connectivity index (χ1) is 13.5. The highest BCUT2D eigenvalue weighted by Crippen LogP contribution is 2.38. The van der Waals surface area contributed by atoms with E-state index in [2.05, 4.69) is 6.92 Å². The predicted molar refractivity (Wildman–Crippen MR) is 111 cm³/mol. The number of hydrogen-bond acceptors (Lipinski definition) is 4. The molecule has 0 saturated carbocycles. The van der Waals surface area contributed by atoms with E-state index in [-0.39, 0.29) is 4.90 Å². The Bertz CT molecular complexity index is 1250. The molecule has 0 radical (unpaired) electrons. The number of ether oxygens (including phenoxy) is 1. The number of benzene rings is 2. The molecule has 0 aliphatic heterocycles. The van der Waals surface area contributed by atoms with Gasteiger partial charge in [-0.05, 0) is 43.7 Å². The van der Waals surface area contributed by atoms with Gasteiger partial charge in [-0.3, -0.25) is 0 Å². The van der Waals surface area contributed by atoms with Crippen LogP contribution in [0.2, 0.25) is 0 Å². The van der Waals surface area contributed by atoms with Gasteiger partial charge in [0, 0.05) is 11.8 Å². The third-order valence-electron chi connectivity index (χ3n) is 5.08. The van der Waals surface area contributed by atoms with E-state index in [4.69, 9.17) is 9.15 Å². The molecule has 5 nitrogen and oxygen atoms in total. The molecule has 0 bridgehead atoms. The van der Waals surface area contributed by atoms with Gasteiger partial charge in [0.05, 0.1) is 22.9 Å². The average molecular weight is 397 g/mol. The molecule has 6 heteroatoms. The van der Waals surface area contributed by atoms with Crippen LogP contribution in [0.3, 0.4) is 0 Å². The van der Waals surface area contributed by atoms with Crippen molar-refractivity contribution in [3.05, 3.63) is 60.1 Å². The normalized spacial score (nSPS) is 12.1. The zero-order valence-corrected chi connectivity index (χ0v) is 17.0. The summed E-state index contributed by atoms with van der Waals surface area (Å²) in [5, 5.41) is 1.76. The van der Waals surface area contributed by atoms with E-state index in [9.17, 15) is 8.42 Å². The quantitative estimate of drug-likeness (QED) is 0.444. The van der Waals surface area contributed by atoms with Gasteiger partial charge in [-0.2, -0.15) is 0 Å². The topological polar surface area (TPSA) is 61.4 Å². The number of fused-ring (bicyclic) bond motifs is 3. The Morgan fingerprint density at radius 3 is 2.46 bits per heavy atom. The van der Waals surface area contributed by atoms with Gasteiger partial charge >= 0.3 is 0 Å². The molecule has 0 amide bonds. The smallest absolute Gasteiger partial charge is 0.268 e. The molecule has 2 aromatic carbocycles. The molecule has 28 heavy (non-hydrogen) atoms. The number of furan rings is 1. The number of aryl methyl sites for hydroxylation is 2. The zero-order valence-electron chi connectivity index (χ0n) is 16.2. The van der Waals surface area contributed by atoms with Gasteiger partial charge in [-0.15, -0.1) is 0 Å². The molecule has 0 aliphatic rings. The lowest BCUT2D eigenvalue weighted by molar-refractivity contribution is 0.414. The van der Waals surface area contributed by atoms with Crippen LogP contribution in [0.4, 0.5) is 0 Å². The van der Waals surface area contributed by atoms with Crippen LogP contribution in [-0.4, -0.2) is 19.5 Å². The number of methoxy groups -OCH3 is 1. The van der Waals surface area contributed by atoms with Gasteiger partial charge in [-0.25, -0.2) is 12.4 Å². The lowest BCUT2D eigenvalue weighted by Crippen LogP contribution is -2.13. The lowest BCUT2D eigenvalue weighted by Gasteiger charge is -2.10. The molecule has 0 unspecified atom stereocenters. The molecule has 0 aliphatic carbocycles. The maximum absolute atomic E-state index is 13.6. The number of hydrogen-bond donors (Lipinski definition) is 0. The molecule has 4 rings (SSSR count). The minimum Gasteiger partial charge on any atom is -0.497 e. The summed E-state index contributed by atoms with van der Waals surface area (Å²) >= 11 is 0. The van der Waals surface area contributed by atoms with E-state index in [1.807, 2.05) is 31.2 Å². The maximum Gasteiger partial charge on any atom is 0.268 e. The standard InChI is InChI=1S/C22H23NO4S/c1-4-5-10-20-22-21(15(2)27-20)18-8-6-7-9-19(18)23(22)28(24,25)17-13-11-16(26-3)12-14-17/h6-9,11-14H,4-5,10H2,1-3H3. The van der Waals surface area contributed by atoms with E-state index in [1.165, 1.54) is 3.97 Å². The van der Waals surface area contributed by atoms with Crippen molar-refractivity contribution in [2.45, 2.75) is 38.0 Å². The Kier molecular flexibility index (Phi) is 4.67. The molecule has 0 spiro atoms. The Morgan fingerprint density at radius 2 is 1.79 bits per heavy atom. The summed E-state index contributed by atoms with van der Waals surface area (Å²) in [6.07, 6.45) is 2.65. The Morgan fingerprint density at radius 1 is 1.07 bits per heavy atom. The second-order valence-corrected chi connectivity index (χ2v) is 8.66. The SMILES string of the molecule is CCCCc1oc(C)c2c3ccccc3n(S(=O)(=O)c3ccc(OC)cc3)c12. The Balaban J connectivity index is 2.05. The fourth-order valence-electron chi connectivity index (χ4n) is 3.71. The highest BCUT2D eigenvalue weighted by Gasteiger charge is 2.28. The fourth-order valence-corrected chi connectivity index (χ4v) is 5.26. The van der Waals surface area contributed by atoms with E-state index < -0.39 is 10.0 Å². The molecule has 2 heterocycles. The largest absolute Gasteiger partial charge is 0.497 e. The van der Waals surface area contributed by atoms with Crippen LogP contribution < -0.4 is 4.74 Å². The summed E-state index contributed by atoms with van der Waals surface area (Å²) < 4.78 is 39.9. The molecule has 2 aromatic heterocycles. The number of aromatic nitrogens is 1. The van der Waals surface area contributed by atoms with Crippen molar-refractivity contribution in [3.63, 3.8) is 0 Å². The minimum absolute atomic E-state index is 0.219. The van der Waals surface area contributed by atoms with Gasteiger partial charge in [0.1, 0.15) is 22.8 Å². The average Bonchev–Trinajstić information content (AvgIpc) is 3.22. The van der Waals surface area contributed by atoms with Crippen molar-refractivity contribution < 1.29 is 17.6 Å². The van der Waals surface area contributed by atoms with Crippen molar-refractivity contribution in [3.8, 4) is 5.75 Å². The van der Waals surface area contributed by atoms with Crippen molar-refractivity contribution in [1.29, 1.82) is 0 Å². The second-order valence-electron chi connectivity index (χ2n) is 6.87. The molecular weight excluding hydrogens is 374 g/mol. The van der Waals surface area contributed by atoms with Crippen LogP contribution >= 0.6 is 0 Å². The number of unbranched alkanes of at least 4 members (excludes halogenated alkanes) is 1. The van der Waals surface area contributed by atoms with E-state index in [0.717, 1.165) is 35.1 Å². The van der Waals surface area contributed by atoms with Crippen LogP contribution in [-0.2, 0) is 16.4 Å². The number of para-hydroxylation sites is 1. The number of nitrogens with zero attached hydrogens (tertiary/aromatic N) is 1.